The summed E-state index contributed by atoms with van der Waals surface area (Å²) >= 11 is -3.84. The monoisotopic (exact) mass is 792 g/mol. The number of halogens is 2. The third-order valence-corrected chi connectivity index (χ3v) is 16.9. The van der Waals surface area contributed by atoms with Crippen molar-refractivity contribution in [2.45, 2.75) is 41.5 Å². The summed E-state index contributed by atoms with van der Waals surface area (Å²) in [6.07, 6.45) is 2.27. The number of allylic oxidation sites excluding steroid dienone is 1. The van der Waals surface area contributed by atoms with Crippen molar-refractivity contribution in [1.82, 2.24) is 0 Å². The summed E-state index contributed by atoms with van der Waals surface area (Å²) in [5, 5.41) is 1.44. The molecule has 49 heavy (non-hydrogen) atoms. The van der Waals surface area contributed by atoms with Gasteiger partial charge in [0.15, 0.2) is 0 Å². The summed E-state index contributed by atoms with van der Waals surface area (Å²) < 4.78 is 2.16. The molecule has 5 aromatic rings. The van der Waals surface area contributed by atoms with Gasteiger partial charge in [0.2, 0.25) is 0 Å². The number of hydrogen-bond donors (Lipinski definition) is 0. The van der Waals surface area contributed by atoms with Crippen molar-refractivity contribution < 1.29 is 11.9 Å². The van der Waals surface area contributed by atoms with Crippen LogP contribution in [0.2, 0.25) is 0 Å². The summed E-state index contributed by atoms with van der Waals surface area (Å²) in [7, 11) is 17.0. The van der Waals surface area contributed by atoms with Crippen LogP contribution in [0.3, 0.4) is 0 Å². The Morgan fingerprint density at radius 1 is 0.592 bits per heavy atom. The van der Waals surface area contributed by atoms with Crippen molar-refractivity contribution in [3.63, 3.8) is 0 Å². The van der Waals surface area contributed by atoms with E-state index in [4.69, 9.17) is 19.4 Å². The molecule has 1 aliphatic carbocycles. The molecule has 1 aliphatic heterocycles. The zero-order chi connectivity index (χ0) is 34.9. The zero-order valence-electron chi connectivity index (χ0n) is 29.4. The predicted molar refractivity (Wildman–Crippen MR) is 218 cm³/mol. The van der Waals surface area contributed by atoms with Crippen molar-refractivity contribution in [3.05, 3.63) is 159 Å². The summed E-state index contributed by atoms with van der Waals surface area (Å²) in [4.78, 5) is 4.90. The van der Waals surface area contributed by atoms with Gasteiger partial charge in [-0.1, -0.05) is 38.9 Å². The van der Waals surface area contributed by atoms with Crippen LogP contribution in [0.15, 0.2) is 109 Å². The van der Waals surface area contributed by atoms with Gasteiger partial charge in [0.1, 0.15) is 0 Å². The third-order valence-electron chi connectivity index (χ3n) is 9.08. The Hall–Kier alpha value is -3.19. The second kappa shape index (κ2) is 15.0. The molecule has 6 heteroatoms. The molecule has 7 rings (SSSR count). The fourth-order valence-electron chi connectivity index (χ4n) is 7.29. The van der Waals surface area contributed by atoms with Crippen LogP contribution >= 0.6 is 28.0 Å². The third kappa shape index (κ3) is 7.20. The molecule has 1 atom stereocenters. The van der Waals surface area contributed by atoms with E-state index in [9.17, 15) is 0 Å². The van der Waals surface area contributed by atoms with Crippen LogP contribution in [0.5, 0.6) is 0 Å². The van der Waals surface area contributed by atoms with Crippen LogP contribution < -0.4 is 15.1 Å². The van der Waals surface area contributed by atoms with Gasteiger partial charge in [0.05, 0.1) is 0 Å². The number of aryl methyl sites for hydroxylation is 6. The molecule has 0 spiro atoms. The molecule has 1 unspecified atom stereocenters. The van der Waals surface area contributed by atoms with E-state index in [0.717, 1.165) is 46.8 Å². The molecule has 0 radical (unpaired) electrons. The minimum atomic E-state index is -3.84. The van der Waals surface area contributed by atoms with Gasteiger partial charge in [0, 0.05) is 0 Å². The van der Waals surface area contributed by atoms with Gasteiger partial charge in [-0.25, -0.2) is 0 Å². The fraction of sp³-hybridized carbons (Fsp3) is 0.209. The number of hydrogen-bond acceptors (Lipinski definition) is 2. The van der Waals surface area contributed by atoms with Gasteiger partial charge in [-0.2, -0.15) is 0 Å². The molecule has 2 aliphatic rings. The molecule has 0 saturated carbocycles. The van der Waals surface area contributed by atoms with E-state index >= 15 is 0 Å². The first-order chi connectivity index (χ1) is 23.5. The van der Waals surface area contributed by atoms with Gasteiger partial charge < -0.3 is 0 Å². The Morgan fingerprint density at radius 3 is 1.51 bits per heavy atom. The second-order valence-corrected chi connectivity index (χ2v) is 23.2. The average molecular weight is 793 g/mol. The number of nitrogens with zero attached hydrogens (tertiary/aromatic N) is 2. The molecule has 0 aromatic heterocycles. The van der Waals surface area contributed by atoms with Gasteiger partial charge in [0.25, 0.3) is 0 Å². The maximum absolute atomic E-state index is 8.02. The Kier molecular flexibility index (Phi) is 10.9. The number of anilines is 2. The Bertz CT molecular complexity index is 2060. The van der Waals surface area contributed by atoms with Gasteiger partial charge >= 0.3 is 256 Å². The minimum absolute atomic E-state index is 0.828. The van der Waals surface area contributed by atoms with E-state index in [1.807, 2.05) is 6.07 Å². The Balaban J connectivity index is 0.000000459. The van der Waals surface area contributed by atoms with Gasteiger partial charge in [-0.05, 0) is 12.0 Å². The van der Waals surface area contributed by atoms with E-state index in [1.165, 1.54) is 55.6 Å². The maximum atomic E-state index is 8.02. The number of fused-ring (bicyclic) bond motifs is 1. The topological polar surface area (TPSA) is 6.48 Å². The Labute approximate surface area is 305 Å². The Morgan fingerprint density at radius 2 is 1.04 bits per heavy atom. The van der Waals surface area contributed by atoms with Crippen molar-refractivity contribution in [3.8, 4) is 0 Å². The van der Waals surface area contributed by atoms with Crippen LogP contribution in [0.4, 0.5) is 11.4 Å². The molecular weight excluding hydrogens is 747 g/mol. The van der Waals surface area contributed by atoms with E-state index in [2.05, 4.69) is 167 Å². The van der Waals surface area contributed by atoms with Crippen LogP contribution in [-0.2, 0) is 11.9 Å². The second-order valence-electron chi connectivity index (χ2n) is 12.9. The molecule has 0 amide bonds. The van der Waals surface area contributed by atoms with Crippen molar-refractivity contribution in [1.29, 1.82) is 0 Å². The van der Waals surface area contributed by atoms with Crippen molar-refractivity contribution >= 4 is 64.8 Å². The molecule has 1 heterocycles. The van der Waals surface area contributed by atoms with Gasteiger partial charge in [-0.15, -0.1) is 0 Å². The molecular formula is C43H45Cl2N2PRu. The van der Waals surface area contributed by atoms with Crippen LogP contribution in [-0.4, -0.2) is 28.2 Å². The SMILES string of the molecule is CPc1ccccc1.Cc1cc(C)c(N2CCN(c3c(C)cc(C)cc3C)[C]2=[Ru]([Cl])([Cl])=[C]2C(c3ccccc3)=Cc3ccccc32)c(C)c1. The van der Waals surface area contributed by atoms with Crippen LogP contribution in [0.25, 0.3) is 11.6 Å². The molecule has 1 saturated heterocycles. The summed E-state index contributed by atoms with van der Waals surface area (Å²) in [5.74, 6) is 0. The quantitative estimate of drug-likeness (QED) is 0.132. The van der Waals surface area contributed by atoms with E-state index in [-0.39, 0.29) is 0 Å². The molecule has 254 valence electrons. The average Bonchev–Trinajstić information content (AvgIpc) is 3.68. The first kappa shape index (κ1) is 35.6. The van der Waals surface area contributed by atoms with Crippen molar-refractivity contribution in [2.75, 3.05) is 29.6 Å². The first-order valence-electron chi connectivity index (χ1n) is 16.7. The summed E-state index contributed by atoms with van der Waals surface area (Å²) in [5.41, 5.74) is 14.6. The zero-order valence-corrected chi connectivity index (χ0v) is 33.6. The molecule has 5 aromatic carbocycles. The van der Waals surface area contributed by atoms with Crippen molar-refractivity contribution in [2.24, 2.45) is 0 Å². The first-order valence-corrected chi connectivity index (χ1v) is 24.4. The molecule has 0 bridgehead atoms. The normalized spacial score (nSPS) is 14.7. The number of benzene rings is 5. The van der Waals surface area contributed by atoms with E-state index in [1.54, 1.807) is 0 Å². The molecule has 2 nitrogen and oxygen atoms in total. The van der Waals surface area contributed by atoms with E-state index in [0.29, 0.717) is 0 Å². The number of rotatable bonds is 4. The van der Waals surface area contributed by atoms with E-state index < -0.39 is 11.9 Å². The summed E-state index contributed by atoms with van der Waals surface area (Å²) in [6, 6.07) is 38.7. The fourth-order valence-corrected chi connectivity index (χ4v) is 15.5. The van der Waals surface area contributed by atoms with Crippen LogP contribution in [0, 0.1) is 41.5 Å². The standard InChI is InChI=1S/C21H26N2.C15H10.C7H9P.2ClH.Ru/c1-14-9-16(3)20(17(4)10-14)22-7-8-23(13-22)21-18(5)11-15(2)12-19(21)6;1-2-6-12(7-3-1)15-10-13-8-4-5-9-14(13)11-15;1-8-7-5-3-2-4-6-7;;;/h9-12H,7-8H2,1-6H3;1-10H;2-6,8H,1H3;2*1H;/q;;;;;+2/p-2. The molecule has 0 N–H and O–H groups in total. The molecule has 1 fully saturated rings. The van der Waals surface area contributed by atoms with Crippen LogP contribution in [0.1, 0.15) is 50.1 Å². The summed E-state index contributed by atoms with van der Waals surface area (Å²) in [6.45, 7) is 17.0. The predicted octanol–water partition coefficient (Wildman–Crippen LogP) is 10.8. The van der Waals surface area contributed by atoms with Gasteiger partial charge in [-0.3, -0.25) is 0 Å².